The number of hydrogen-bond donors (Lipinski definition) is 1. The predicted octanol–water partition coefficient (Wildman–Crippen LogP) is 3.45. The number of carbonyl (C=O) groups excluding carboxylic acids is 1. The van der Waals surface area contributed by atoms with E-state index in [9.17, 15) is 4.79 Å². The third kappa shape index (κ3) is 6.07. The van der Waals surface area contributed by atoms with Gasteiger partial charge in [0.2, 0.25) is 5.91 Å². The Hall–Kier alpha value is -2.93. The topological polar surface area (TPSA) is 69.0 Å². The van der Waals surface area contributed by atoms with Gasteiger partial charge in [0.05, 0.1) is 17.0 Å². The first-order valence-corrected chi connectivity index (χ1v) is 9.63. The van der Waals surface area contributed by atoms with Gasteiger partial charge in [-0.25, -0.2) is 9.97 Å². The van der Waals surface area contributed by atoms with Gasteiger partial charge >= 0.3 is 0 Å². The highest BCUT2D eigenvalue weighted by atomic mass is 32.1. The zero-order valence-corrected chi connectivity index (χ0v) is 16.0. The minimum Gasteiger partial charge on any atom is -0.487 e. The molecule has 0 radical (unpaired) electrons. The molecular formula is C20H22N4O2S. The Balaban J connectivity index is 1.47. The number of amides is 1. The Morgan fingerprint density at radius 2 is 2.26 bits per heavy atom. The molecule has 2 aromatic heterocycles. The van der Waals surface area contributed by atoms with Crippen LogP contribution in [-0.4, -0.2) is 27.0 Å². The first kappa shape index (κ1) is 18.8. The highest BCUT2D eigenvalue weighted by Gasteiger charge is 2.04. The van der Waals surface area contributed by atoms with Gasteiger partial charge in [-0.05, 0) is 25.5 Å². The average molecular weight is 382 g/mol. The first-order valence-electron chi connectivity index (χ1n) is 8.75. The fraction of sp³-hybridized carbons (Fsp3) is 0.250. The molecule has 1 amide bonds. The van der Waals surface area contributed by atoms with Crippen LogP contribution in [0.25, 0.3) is 6.08 Å². The Labute approximate surface area is 162 Å². The van der Waals surface area contributed by atoms with E-state index in [2.05, 4.69) is 15.3 Å². The van der Waals surface area contributed by atoms with E-state index in [4.69, 9.17) is 4.74 Å². The van der Waals surface area contributed by atoms with Gasteiger partial charge in [-0.15, -0.1) is 11.3 Å². The molecule has 27 heavy (non-hydrogen) atoms. The average Bonchev–Trinajstić information content (AvgIpc) is 3.34. The molecular weight excluding hydrogens is 360 g/mol. The molecule has 0 atom stereocenters. The maximum atomic E-state index is 12.0. The van der Waals surface area contributed by atoms with Crippen LogP contribution in [0, 0.1) is 6.92 Å². The van der Waals surface area contributed by atoms with E-state index in [0.717, 1.165) is 35.0 Å². The summed E-state index contributed by atoms with van der Waals surface area (Å²) in [4.78, 5) is 20.4. The number of thiazole rings is 1. The molecule has 1 aromatic carbocycles. The number of aromatic nitrogens is 3. The van der Waals surface area contributed by atoms with E-state index in [1.54, 1.807) is 29.9 Å². The van der Waals surface area contributed by atoms with Crippen LogP contribution in [-0.2, 0) is 17.9 Å². The second kappa shape index (κ2) is 9.68. The van der Waals surface area contributed by atoms with Crippen molar-refractivity contribution in [2.24, 2.45) is 0 Å². The third-order valence-corrected chi connectivity index (χ3v) is 4.65. The first-order chi connectivity index (χ1) is 13.2. The third-order valence-electron chi connectivity index (χ3n) is 3.83. The van der Waals surface area contributed by atoms with Crippen LogP contribution >= 0.6 is 11.3 Å². The van der Waals surface area contributed by atoms with E-state index in [0.29, 0.717) is 13.2 Å². The molecule has 0 bridgehead atoms. The molecule has 1 N–H and O–H groups in total. The lowest BCUT2D eigenvalue weighted by molar-refractivity contribution is -0.116. The van der Waals surface area contributed by atoms with Crippen molar-refractivity contribution in [1.29, 1.82) is 0 Å². The minimum atomic E-state index is -0.120. The standard InChI is InChI=1S/C20H22N4O2S/c1-16-23-18(14-27-16)13-26-19-6-3-2-5-17(19)7-8-20(25)22-9-4-11-24-12-10-21-15-24/h2-3,5-8,10,12,14-15H,4,9,11,13H2,1H3,(H,22,25)/b8-7+. The molecule has 0 fully saturated rings. The Bertz CT molecular complexity index is 887. The molecule has 0 saturated heterocycles. The summed E-state index contributed by atoms with van der Waals surface area (Å²) in [5, 5.41) is 5.90. The van der Waals surface area contributed by atoms with Gasteiger partial charge in [-0.3, -0.25) is 4.79 Å². The molecule has 2 heterocycles. The maximum Gasteiger partial charge on any atom is 0.244 e. The van der Waals surface area contributed by atoms with E-state index in [1.165, 1.54) is 6.08 Å². The van der Waals surface area contributed by atoms with E-state index < -0.39 is 0 Å². The number of nitrogens with one attached hydrogen (secondary N) is 1. The summed E-state index contributed by atoms with van der Waals surface area (Å²) >= 11 is 1.60. The second-order valence-corrected chi connectivity index (χ2v) is 7.03. The summed E-state index contributed by atoms with van der Waals surface area (Å²) in [6.07, 6.45) is 9.58. The monoisotopic (exact) mass is 382 g/mol. The lowest BCUT2D eigenvalue weighted by Gasteiger charge is -2.08. The lowest BCUT2D eigenvalue weighted by atomic mass is 10.2. The van der Waals surface area contributed by atoms with Gasteiger partial charge in [0, 0.05) is 42.5 Å². The van der Waals surface area contributed by atoms with Crippen molar-refractivity contribution in [3.8, 4) is 5.75 Å². The summed E-state index contributed by atoms with van der Waals surface area (Å²) in [6, 6.07) is 7.64. The fourth-order valence-corrected chi connectivity index (χ4v) is 3.09. The summed E-state index contributed by atoms with van der Waals surface area (Å²) in [6.45, 7) is 3.83. The molecule has 0 saturated carbocycles. The van der Waals surface area contributed by atoms with Crippen molar-refractivity contribution in [3.63, 3.8) is 0 Å². The highest BCUT2D eigenvalue weighted by molar-refractivity contribution is 7.09. The van der Waals surface area contributed by atoms with Gasteiger partial charge in [0.15, 0.2) is 0 Å². The molecule has 7 heteroatoms. The van der Waals surface area contributed by atoms with Gasteiger partial charge in [0.25, 0.3) is 0 Å². The summed E-state index contributed by atoms with van der Waals surface area (Å²) in [7, 11) is 0. The number of aryl methyl sites for hydroxylation is 2. The SMILES string of the molecule is Cc1nc(COc2ccccc2/C=C/C(=O)NCCCn2ccnc2)cs1. The molecule has 3 rings (SSSR count). The largest absolute Gasteiger partial charge is 0.487 e. The maximum absolute atomic E-state index is 12.0. The number of ether oxygens (including phenoxy) is 1. The van der Waals surface area contributed by atoms with Crippen molar-refractivity contribution in [1.82, 2.24) is 19.9 Å². The molecule has 6 nitrogen and oxygen atoms in total. The number of benzene rings is 1. The Kier molecular flexibility index (Phi) is 6.76. The zero-order valence-electron chi connectivity index (χ0n) is 15.2. The van der Waals surface area contributed by atoms with E-state index in [1.807, 2.05) is 47.3 Å². The molecule has 3 aromatic rings. The molecule has 0 aliphatic rings. The number of imidazole rings is 1. The van der Waals surface area contributed by atoms with Crippen LogP contribution < -0.4 is 10.1 Å². The fourth-order valence-electron chi connectivity index (χ4n) is 2.49. The molecule has 0 aliphatic heterocycles. The molecule has 0 spiro atoms. The summed E-state index contributed by atoms with van der Waals surface area (Å²) in [5.41, 5.74) is 1.77. The Morgan fingerprint density at radius 1 is 1.37 bits per heavy atom. The number of hydrogen-bond acceptors (Lipinski definition) is 5. The van der Waals surface area contributed by atoms with Crippen LogP contribution in [0.5, 0.6) is 5.75 Å². The smallest absolute Gasteiger partial charge is 0.244 e. The zero-order chi connectivity index (χ0) is 18.9. The molecule has 140 valence electrons. The quantitative estimate of drug-likeness (QED) is 0.455. The van der Waals surface area contributed by atoms with Crippen LogP contribution in [0.4, 0.5) is 0 Å². The normalized spacial score (nSPS) is 11.0. The van der Waals surface area contributed by atoms with Crippen molar-refractivity contribution in [3.05, 3.63) is 70.7 Å². The van der Waals surface area contributed by atoms with Gasteiger partial charge < -0.3 is 14.6 Å². The minimum absolute atomic E-state index is 0.120. The summed E-state index contributed by atoms with van der Waals surface area (Å²) < 4.78 is 7.85. The molecule has 0 unspecified atom stereocenters. The van der Waals surface area contributed by atoms with E-state index >= 15 is 0 Å². The van der Waals surface area contributed by atoms with Crippen LogP contribution in [0.1, 0.15) is 22.7 Å². The van der Waals surface area contributed by atoms with Crippen molar-refractivity contribution >= 4 is 23.3 Å². The summed E-state index contributed by atoms with van der Waals surface area (Å²) in [5.74, 6) is 0.609. The van der Waals surface area contributed by atoms with Crippen LogP contribution in [0.3, 0.4) is 0 Å². The number of nitrogens with zero attached hydrogens (tertiary/aromatic N) is 3. The van der Waals surface area contributed by atoms with Crippen molar-refractivity contribution in [2.45, 2.75) is 26.5 Å². The Morgan fingerprint density at radius 3 is 3.04 bits per heavy atom. The van der Waals surface area contributed by atoms with Gasteiger partial charge in [-0.1, -0.05) is 18.2 Å². The second-order valence-electron chi connectivity index (χ2n) is 5.96. The van der Waals surface area contributed by atoms with E-state index in [-0.39, 0.29) is 5.91 Å². The predicted molar refractivity (Wildman–Crippen MR) is 107 cm³/mol. The molecule has 0 aliphatic carbocycles. The van der Waals surface area contributed by atoms with Gasteiger partial charge in [-0.2, -0.15) is 0 Å². The number of rotatable bonds is 9. The number of para-hydroxylation sites is 1. The number of carbonyl (C=O) groups is 1. The van der Waals surface area contributed by atoms with Crippen molar-refractivity contribution in [2.75, 3.05) is 6.54 Å². The highest BCUT2D eigenvalue weighted by Crippen LogP contribution is 2.21. The lowest BCUT2D eigenvalue weighted by Crippen LogP contribution is -2.22. The van der Waals surface area contributed by atoms with Crippen LogP contribution in [0.2, 0.25) is 0 Å². The van der Waals surface area contributed by atoms with Gasteiger partial charge in [0.1, 0.15) is 12.4 Å². The van der Waals surface area contributed by atoms with Crippen LogP contribution in [0.15, 0.2) is 54.4 Å². The van der Waals surface area contributed by atoms with Crippen molar-refractivity contribution < 1.29 is 9.53 Å².